The quantitative estimate of drug-likeness (QED) is 0.839. The second kappa shape index (κ2) is 4.47. The number of hydrogen-bond donors (Lipinski definition) is 2. The van der Waals surface area contributed by atoms with E-state index >= 15 is 0 Å². The summed E-state index contributed by atoms with van der Waals surface area (Å²) in [4.78, 5) is 0. The first kappa shape index (κ1) is 12.4. The highest BCUT2D eigenvalue weighted by atomic mass is 35.5. The van der Waals surface area contributed by atoms with Gasteiger partial charge in [-0.1, -0.05) is 11.6 Å². The van der Waals surface area contributed by atoms with Gasteiger partial charge in [-0.05, 0) is 38.5 Å². The summed E-state index contributed by atoms with van der Waals surface area (Å²) in [6, 6.07) is 3.94. The molecule has 1 aromatic carbocycles. The van der Waals surface area contributed by atoms with E-state index in [2.05, 4.69) is 0 Å². The lowest BCUT2D eigenvalue weighted by atomic mass is 9.92. The van der Waals surface area contributed by atoms with Crippen LogP contribution in [0, 0.1) is 5.82 Å². The molecule has 0 bridgehead atoms. The fourth-order valence-electron chi connectivity index (χ4n) is 1.48. The Morgan fingerprint density at radius 2 is 2.07 bits per heavy atom. The molecular weight excluding hydrogens is 215 g/mol. The molecule has 2 nitrogen and oxygen atoms in total. The van der Waals surface area contributed by atoms with Gasteiger partial charge in [0.25, 0.3) is 0 Å². The van der Waals surface area contributed by atoms with Gasteiger partial charge in [-0.2, -0.15) is 0 Å². The summed E-state index contributed by atoms with van der Waals surface area (Å²) in [6.07, 6.45) is 0.504. The maximum Gasteiger partial charge on any atom is 0.128 e. The van der Waals surface area contributed by atoms with E-state index in [1.165, 1.54) is 12.1 Å². The molecule has 0 saturated carbocycles. The van der Waals surface area contributed by atoms with Crippen molar-refractivity contribution in [1.82, 2.24) is 0 Å². The minimum Gasteiger partial charge on any atom is -0.325 e. The predicted molar refractivity (Wildman–Crippen MR) is 61.2 cm³/mol. The maximum absolute atomic E-state index is 13.4. The molecule has 4 N–H and O–H groups in total. The van der Waals surface area contributed by atoms with Gasteiger partial charge in [-0.15, -0.1) is 0 Å². The first-order valence-corrected chi connectivity index (χ1v) is 5.17. The summed E-state index contributed by atoms with van der Waals surface area (Å²) in [5.74, 6) is -0.337. The molecule has 15 heavy (non-hydrogen) atoms. The van der Waals surface area contributed by atoms with Gasteiger partial charge in [0.15, 0.2) is 0 Å². The molecule has 0 amide bonds. The van der Waals surface area contributed by atoms with Crippen LogP contribution < -0.4 is 11.5 Å². The number of rotatable bonds is 3. The van der Waals surface area contributed by atoms with Crippen molar-refractivity contribution in [3.63, 3.8) is 0 Å². The van der Waals surface area contributed by atoms with E-state index in [0.29, 0.717) is 17.0 Å². The smallest absolute Gasteiger partial charge is 0.128 e. The molecule has 84 valence electrons. The molecule has 0 aliphatic heterocycles. The lowest BCUT2D eigenvalue weighted by Crippen LogP contribution is -2.36. The second-order valence-electron chi connectivity index (χ2n) is 4.47. The van der Waals surface area contributed by atoms with Crippen molar-refractivity contribution in [1.29, 1.82) is 0 Å². The lowest BCUT2D eigenvalue weighted by Gasteiger charge is -2.23. The fraction of sp³-hybridized carbons (Fsp3) is 0.455. The normalized spacial score (nSPS) is 14.0. The highest BCUT2D eigenvalue weighted by Crippen LogP contribution is 2.25. The van der Waals surface area contributed by atoms with Crippen LogP contribution in [0.15, 0.2) is 18.2 Å². The van der Waals surface area contributed by atoms with Gasteiger partial charge in [-0.25, -0.2) is 4.39 Å². The van der Waals surface area contributed by atoms with E-state index in [1.54, 1.807) is 6.07 Å². The minimum atomic E-state index is -0.427. The molecule has 0 radical (unpaired) electrons. The van der Waals surface area contributed by atoms with Gasteiger partial charge < -0.3 is 11.5 Å². The van der Waals surface area contributed by atoms with E-state index < -0.39 is 11.6 Å². The third-order valence-corrected chi connectivity index (χ3v) is 2.34. The largest absolute Gasteiger partial charge is 0.325 e. The third kappa shape index (κ3) is 3.78. The number of hydrogen-bond acceptors (Lipinski definition) is 2. The van der Waals surface area contributed by atoms with Crippen LogP contribution in [0.3, 0.4) is 0 Å². The van der Waals surface area contributed by atoms with Crippen molar-refractivity contribution in [3.8, 4) is 0 Å². The standard InChI is InChI=1S/C11H16ClFN2/c1-11(2,15)6-10(14)8-5-7(12)3-4-9(8)13/h3-5,10H,6,14-15H2,1-2H3. The van der Waals surface area contributed by atoms with Crippen LogP contribution in [0.4, 0.5) is 4.39 Å². The molecule has 0 aromatic heterocycles. The van der Waals surface area contributed by atoms with Gasteiger partial charge in [0.1, 0.15) is 5.82 Å². The van der Waals surface area contributed by atoms with Crippen LogP contribution in [0.5, 0.6) is 0 Å². The zero-order chi connectivity index (χ0) is 11.6. The highest BCUT2D eigenvalue weighted by molar-refractivity contribution is 6.30. The maximum atomic E-state index is 13.4. The molecule has 0 fully saturated rings. The van der Waals surface area contributed by atoms with E-state index in [-0.39, 0.29) is 5.82 Å². The van der Waals surface area contributed by atoms with Gasteiger partial charge in [0.05, 0.1) is 0 Å². The van der Waals surface area contributed by atoms with Crippen molar-refractivity contribution in [3.05, 3.63) is 34.6 Å². The Balaban J connectivity index is 2.90. The molecule has 1 unspecified atom stereocenters. The summed E-state index contributed by atoms with van der Waals surface area (Å²) < 4.78 is 13.4. The van der Waals surface area contributed by atoms with E-state index in [1.807, 2.05) is 13.8 Å². The average molecular weight is 231 g/mol. The Morgan fingerprint density at radius 1 is 1.47 bits per heavy atom. The number of halogens is 2. The van der Waals surface area contributed by atoms with Crippen molar-refractivity contribution in [2.24, 2.45) is 11.5 Å². The summed E-state index contributed by atoms with van der Waals surface area (Å²) in [5, 5.41) is 0.483. The lowest BCUT2D eigenvalue weighted by molar-refractivity contribution is 0.420. The fourth-order valence-corrected chi connectivity index (χ4v) is 1.66. The van der Waals surface area contributed by atoms with E-state index in [0.717, 1.165) is 0 Å². The summed E-state index contributed by atoms with van der Waals surface area (Å²) in [6.45, 7) is 3.71. The summed E-state index contributed by atoms with van der Waals surface area (Å²) in [7, 11) is 0. The Hall–Kier alpha value is -0.640. The van der Waals surface area contributed by atoms with Crippen LogP contribution in [-0.2, 0) is 0 Å². The molecule has 1 atom stereocenters. The van der Waals surface area contributed by atoms with Crippen LogP contribution in [0.25, 0.3) is 0 Å². The monoisotopic (exact) mass is 230 g/mol. The summed E-state index contributed by atoms with van der Waals surface area (Å²) in [5.41, 5.74) is 11.7. The van der Waals surface area contributed by atoms with Crippen molar-refractivity contribution >= 4 is 11.6 Å². The van der Waals surface area contributed by atoms with Crippen LogP contribution in [0.2, 0.25) is 5.02 Å². The predicted octanol–water partition coefficient (Wildman–Crippen LogP) is 2.61. The van der Waals surface area contributed by atoms with Crippen LogP contribution in [-0.4, -0.2) is 5.54 Å². The SMILES string of the molecule is CC(C)(N)CC(N)c1cc(Cl)ccc1F. The van der Waals surface area contributed by atoms with Crippen molar-refractivity contribution < 1.29 is 4.39 Å². The minimum absolute atomic E-state index is 0.337. The zero-order valence-corrected chi connectivity index (χ0v) is 9.68. The molecule has 4 heteroatoms. The van der Waals surface area contributed by atoms with Gasteiger partial charge >= 0.3 is 0 Å². The second-order valence-corrected chi connectivity index (χ2v) is 4.90. The molecule has 0 saturated heterocycles. The Morgan fingerprint density at radius 3 is 2.60 bits per heavy atom. The average Bonchev–Trinajstić information content (AvgIpc) is 2.06. The molecule has 0 aliphatic carbocycles. The van der Waals surface area contributed by atoms with Crippen LogP contribution >= 0.6 is 11.6 Å². The molecule has 0 heterocycles. The van der Waals surface area contributed by atoms with E-state index in [9.17, 15) is 4.39 Å². The summed E-state index contributed by atoms with van der Waals surface area (Å²) >= 11 is 5.78. The first-order valence-electron chi connectivity index (χ1n) is 4.79. The van der Waals surface area contributed by atoms with Crippen molar-refractivity contribution in [2.75, 3.05) is 0 Å². The zero-order valence-electron chi connectivity index (χ0n) is 8.93. The molecule has 1 rings (SSSR count). The Bertz CT molecular complexity index is 347. The number of benzene rings is 1. The van der Waals surface area contributed by atoms with Crippen molar-refractivity contribution in [2.45, 2.75) is 31.8 Å². The van der Waals surface area contributed by atoms with Gasteiger partial charge in [0, 0.05) is 22.2 Å². The first-order chi connectivity index (χ1) is 6.79. The van der Waals surface area contributed by atoms with E-state index in [4.69, 9.17) is 23.1 Å². The van der Waals surface area contributed by atoms with Crippen LogP contribution in [0.1, 0.15) is 31.9 Å². The molecule has 0 aliphatic rings. The van der Waals surface area contributed by atoms with Gasteiger partial charge in [0.2, 0.25) is 0 Å². The molecular formula is C11H16ClFN2. The third-order valence-electron chi connectivity index (χ3n) is 2.10. The Kier molecular flexibility index (Phi) is 3.71. The molecule has 1 aromatic rings. The van der Waals surface area contributed by atoms with Gasteiger partial charge in [-0.3, -0.25) is 0 Å². The number of nitrogens with two attached hydrogens (primary N) is 2. The highest BCUT2D eigenvalue weighted by Gasteiger charge is 2.19. The topological polar surface area (TPSA) is 52.0 Å². The molecule has 0 spiro atoms. The Labute approximate surface area is 94.4 Å².